The maximum atomic E-state index is 14.2. The molecular weight excluding hydrogens is 438 g/mol. The van der Waals surface area contributed by atoms with Gasteiger partial charge in [0.15, 0.2) is 11.6 Å². The molecule has 0 unspecified atom stereocenters. The van der Waals surface area contributed by atoms with E-state index in [1.54, 1.807) is 0 Å². The van der Waals surface area contributed by atoms with Gasteiger partial charge in [0, 0.05) is 16.7 Å². The Morgan fingerprint density at radius 1 is 1.03 bits per heavy atom. The topological polar surface area (TPSA) is 95.2 Å². The zero-order chi connectivity index (χ0) is 25.8. The van der Waals surface area contributed by atoms with Crippen molar-refractivity contribution in [3.63, 3.8) is 0 Å². The van der Waals surface area contributed by atoms with Crippen LogP contribution in [-0.2, 0) is 14.4 Å². The van der Waals surface area contributed by atoms with Gasteiger partial charge in [-0.1, -0.05) is 53.2 Å². The molecule has 0 bridgehead atoms. The van der Waals surface area contributed by atoms with E-state index >= 15 is 0 Å². The third-order valence-electron chi connectivity index (χ3n) is 12.1. The third kappa shape index (κ3) is 2.89. The van der Waals surface area contributed by atoms with Crippen LogP contribution in [0.2, 0.25) is 0 Å². The number of Topliss-reactive ketones (excluding diaryl/α,β-unsaturated/α-hetero) is 1. The van der Waals surface area contributed by atoms with Gasteiger partial charge in [-0.15, -0.1) is 0 Å². The highest BCUT2D eigenvalue weighted by Gasteiger charge is 2.69. The fourth-order valence-corrected chi connectivity index (χ4v) is 9.86. The number of ketones is 2. The van der Waals surface area contributed by atoms with Crippen LogP contribution < -0.4 is 0 Å². The average Bonchev–Trinajstić information content (AvgIpc) is 2.77. The summed E-state index contributed by atoms with van der Waals surface area (Å²) in [6, 6.07) is 2.14. The Morgan fingerprint density at radius 3 is 2.34 bits per heavy atom. The van der Waals surface area contributed by atoms with Gasteiger partial charge in [0.2, 0.25) is 0 Å². The van der Waals surface area contributed by atoms with Gasteiger partial charge in [0.05, 0.1) is 11.5 Å². The van der Waals surface area contributed by atoms with Crippen molar-refractivity contribution in [1.82, 2.24) is 0 Å². The van der Waals surface area contributed by atoms with E-state index in [0.29, 0.717) is 12.8 Å². The molecule has 5 aliphatic carbocycles. The van der Waals surface area contributed by atoms with Gasteiger partial charge in [0.1, 0.15) is 6.07 Å². The first kappa shape index (κ1) is 24.5. The summed E-state index contributed by atoms with van der Waals surface area (Å²) in [5, 5.41) is 19.6. The molecule has 5 rings (SSSR count). The highest BCUT2D eigenvalue weighted by atomic mass is 16.4. The molecule has 3 fully saturated rings. The van der Waals surface area contributed by atoms with E-state index in [1.807, 2.05) is 26.0 Å². The van der Waals surface area contributed by atoms with Crippen molar-refractivity contribution in [1.29, 1.82) is 5.26 Å². The van der Waals surface area contributed by atoms with E-state index in [4.69, 9.17) is 0 Å². The van der Waals surface area contributed by atoms with Crippen LogP contribution in [0.15, 0.2) is 23.3 Å². The first-order chi connectivity index (χ1) is 16.2. The van der Waals surface area contributed by atoms with Gasteiger partial charge in [-0.2, -0.15) is 5.26 Å². The molecule has 188 valence electrons. The first-order valence-electron chi connectivity index (χ1n) is 13.3. The lowest BCUT2D eigenvalue weighted by Gasteiger charge is -2.68. The molecule has 0 amide bonds. The molecule has 0 aromatic carbocycles. The van der Waals surface area contributed by atoms with Gasteiger partial charge in [-0.3, -0.25) is 14.4 Å². The Morgan fingerprint density at radius 2 is 1.71 bits per heavy atom. The summed E-state index contributed by atoms with van der Waals surface area (Å²) in [5.41, 5.74) is -0.383. The predicted octanol–water partition coefficient (Wildman–Crippen LogP) is 5.90. The Labute approximate surface area is 209 Å². The molecule has 1 N–H and O–H groups in total. The van der Waals surface area contributed by atoms with E-state index in [0.717, 1.165) is 32.1 Å². The molecule has 0 aliphatic heterocycles. The Balaban J connectivity index is 1.67. The number of carbonyl (C=O) groups is 3. The van der Waals surface area contributed by atoms with Crippen molar-refractivity contribution in [2.45, 2.75) is 86.5 Å². The highest BCUT2D eigenvalue weighted by Crippen LogP contribution is 2.74. The number of aliphatic carboxylic acids is 1. The molecule has 0 aromatic rings. The molecule has 5 nitrogen and oxygen atoms in total. The maximum absolute atomic E-state index is 14.2. The number of nitriles is 1. The van der Waals surface area contributed by atoms with E-state index in [2.05, 4.69) is 33.8 Å². The number of allylic oxidation sites excluding steroid dienone is 4. The van der Waals surface area contributed by atoms with Crippen LogP contribution in [0.25, 0.3) is 0 Å². The number of carbonyl (C=O) groups excluding carboxylic acids is 2. The minimum absolute atomic E-state index is 0.0000952. The zero-order valence-corrected chi connectivity index (χ0v) is 22.0. The zero-order valence-electron chi connectivity index (χ0n) is 22.0. The van der Waals surface area contributed by atoms with Crippen LogP contribution in [0, 0.1) is 62.1 Å². The number of carboxylic acids is 1. The molecule has 5 heteroatoms. The Hall–Kier alpha value is -2.22. The van der Waals surface area contributed by atoms with E-state index in [1.165, 1.54) is 5.57 Å². The maximum Gasteiger partial charge on any atom is 0.306 e. The second kappa shape index (κ2) is 7.17. The molecule has 0 radical (unpaired) electrons. The molecule has 0 aromatic heterocycles. The van der Waals surface area contributed by atoms with Crippen molar-refractivity contribution in [3.8, 4) is 6.07 Å². The largest absolute Gasteiger partial charge is 0.481 e. The standard InChI is InChI=1S/C30H39NO4/c1-26(2)22-8-10-30(6)23(28(22,4)15-18(16-31)24(26)33)21(32)14-20-19-13-17(25(34)35)7-9-27(19,3)11-12-29(20,30)5/h14-15,17,19,22-23H,7-13H2,1-6H3,(H,34,35)/t17-,19+,22-,23+,27+,28-,29+,30+/m0/s1. The molecular formula is C30H39NO4. The van der Waals surface area contributed by atoms with Crippen molar-refractivity contribution in [3.05, 3.63) is 23.3 Å². The first-order valence-corrected chi connectivity index (χ1v) is 13.3. The van der Waals surface area contributed by atoms with Crippen LogP contribution in [0.1, 0.15) is 86.5 Å². The Bertz CT molecular complexity index is 1140. The van der Waals surface area contributed by atoms with Gasteiger partial charge < -0.3 is 5.11 Å². The lowest BCUT2D eigenvalue weighted by Crippen LogP contribution is -2.65. The fourth-order valence-electron chi connectivity index (χ4n) is 9.86. The lowest BCUT2D eigenvalue weighted by molar-refractivity contribution is -0.170. The predicted molar refractivity (Wildman–Crippen MR) is 132 cm³/mol. The molecule has 8 atom stereocenters. The van der Waals surface area contributed by atoms with Gasteiger partial charge in [-0.05, 0) is 79.1 Å². The van der Waals surface area contributed by atoms with Crippen molar-refractivity contribution in [2.75, 3.05) is 0 Å². The Kier molecular flexibility index (Phi) is 5.02. The van der Waals surface area contributed by atoms with Crippen LogP contribution in [-0.4, -0.2) is 22.6 Å². The van der Waals surface area contributed by atoms with Crippen LogP contribution in [0.3, 0.4) is 0 Å². The van der Waals surface area contributed by atoms with Crippen LogP contribution >= 0.6 is 0 Å². The third-order valence-corrected chi connectivity index (χ3v) is 12.1. The fraction of sp³-hybridized carbons (Fsp3) is 0.733. The number of fused-ring (bicyclic) bond motifs is 7. The number of hydrogen-bond donors (Lipinski definition) is 1. The van der Waals surface area contributed by atoms with Crippen molar-refractivity contribution >= 4 is 17.5 Å². The monoisotopic (exact) mass is 477 g/mol. The molecule has 0 spiro atoms. The summed E-state index contributed by atoms with van der Waals surface area (Å²) in [6.07, 6.45) is 9.69. The van der Waals surface area contributed by atoms with Gasteiger partial charge in [0.25, 0.3) is 0 Å². The van der Waals surface area contributed by atoms with Crippen LogP contribution in [0.4, 0.5) is 0 Å². The number of hydrogen-bond acceptors (Lipinski definition) is 4. The lowest BCUT2D eigenvalue weighted by atomic mass is 9.34. The summed E-state index contributed by atoms with van der Waals surface area (Å²) >= 11 is 0. The normalized spacial score (nSPS) is 48.3. The quantitative estimate of drug-likeness (QED) is 0.507. The minimum Gasteiger partial charge on any atom is -0.481 e. The van der Waals surface area contributed by atoms with E-state index in [9.17, 15) is 24.8 Å². The second-order valence-corrected chi connectivity index (χ2v) is 13.9. The average molecular weight is 478 g/mol. The molecule has 35 heavy (non-hydrogen) atoms. The van der Waals surface area contributed by atoms with Crippen molar-refractivity contribution < 1.29 is 19.5 Å². The van der Waals surface area contributed by atoms with E-state index < -0.39 is 16.8 Å². The summed E-state index contributed by atoms with van der Waals surface area (Å²) in [5.74, 6) is -1.27. The highest BCUT2D eigenvalue weighted by molar-refractivity contribution is 6.05. The number of carboxylic acid groups (broad SMARTS) is 1. The van der Waals surface area contributed by atoms with Crippen LogP contribution in [0.5, 0.6) is 0 Å². The smallest absolute Gasteiger partial charge is 0.306 e. The molecule has 0 heterocycles. The molecule has 0 saturated heterocycles. The summed E-state index contributed by atoms with van der Waals surface area (Å²) < 4.78 is 0. The summed E-state index contributed by atoms with van der Waals surface area (Å²) in [4.78, 5) is 39.2. The van der Waals surface area contributed by atoms with E-state index in [-0.39, 0.29) is 57.1 Å². The molecule has 3 saturated carbocycles. The molecule has 5 aliphatic rings. The minimum atomic E-state index is -0.720. The van der Waals surface area contributed by atoms with Crippen molar-refractivity contribution in [2.24, 2.45) is 50.7 Å². The summed E-state index contributed by atoms with van der Waals surface area (Å²) in [7, 11) is 0. The SMILES string of the molecule is CC1(C)C(=O)C(C#N)=C[C@]2(C)[C@H]3C(=O)C=C4[C@H]5C[C@@H](C(=O)O)CC[C@]5(C)CC[C@@]4(C)[C@]3(C)CC[C@@H]12. The van der Waals surface area contributed by atoms with Gasteiger partial charge in [-0.25, -0.2) is 0 Å². The number of rotatable bonds is 1. The van der Waals surface area contributed by atoms with Gasteiger partial charge >= 0.3 is 5.97 Å². The second-order valence-electron chi connectivity index (χ2n) is 13.9. The summed E-state index contributed by atoms with van der Waals surface area (Å²) in [6.45, 7) is 12.9. The number of nitrogens with zero attached hydrogens (tertiary/aromatic N) is 1.